The maximum atomic E-state index is 11.7. The standard InChI is InChI=1S/C14H18BrNO2/c1-9(17)12-5-4-11(15)8-14(12)16(3)13-6-7-18-10(13)2/h4-5,8,10,13H,6-7H2,1-3H3. The average molecular weight is 312 g/mol. The predicted molar refractivity (Wildman–Crippen MR) is 76.4 cm³/mol. The first kappa shape index (κ1) is 13.6. The molecule has 98 valence electrons. The summed E-state index contributed by atoms with van der Waals surface area (Å²) in [6.07, 6.45) is 1.20. The largest absolute Gasteiger partial charge is 0.376 e. The van der Waals surface area contributed by atoms with Crippen molar-refractivity contribution in [2.75, 3.05) is 18.6 Å². The van der Waals surface area contributed by atoms with Crippen LogP contribution in [0.15, 0.2) is 22.7 Å². The van der Waals surface area contributed by atoms with Crippen molar-refractivity contribution in [3.63, 3.8) is 0 Å². The van der Waals surface area contributed by atoms with Gasteiger partial charge in [0.25, 0.3) is 0 Å². The summed E-state index contributed by atoms with van der Waals surface area (Å²) in [5.41, 5.74) is 1.74. The zero-order chi connectivity index (χ0) is 13.3. The van der Waals surface area contributed by atoms with Gasteiger partial charge in [-0.25, -0.2) is 0 Å². The smallest absolute Gasteiger partial charge is 0.161 e. The van der Waals surface area contributed by atoms with Crippen LogP contribution in [-0.2, 0) is 4.74 Å². The molecule has 0 aromatic heterocycles. The summed E-state index contributed by atoms with van der Waals surface area (Å²) < 4.78 is 6.59. The topological polar surface area (TPSA) is 29.5 Å². The lowest BCUT2D eigenvalue weighted by molar-refractivity contribution is 0.101. The Hall–Kier alpha value is -0.870. The van der Waals surface area contributed by atoms with Crippen LogP contribution >= 0.6 is 15.9 Å². The first-order valence-electron chi connectivity index (χ1n) is 6.15. The maximum absolute atomic E-state index is 11.7. The monoisotopic (exact) mass is 311 g/mol. The van der Waals surface area contributed by atoms with Crippen molar-refractivity contribution in [2.45, 2.75) is 32.4 Å². The molecule has 2 unspecified atom stereocenters. The summed E-state index contributed by atoms with van der Waals surface area (Å²) in [5, 5.41) is 0. The van der Waals surface area contributed by atoms with E-state index in [9.17, 15) is 4.79 Å². The van der Waals surface area contributed by atoms with E-state index in [2.05, 4.69) is 27.8 Å². The SMILES string of the molecule is CC(=O)c1ccc(Br)cc1N(C)C1CCOC1C. The molecule has 0 bridgehead atoms. The third-order valence-electron chi connectivity index (χ3n) is 3.55. The Morgan fingerprint density at radius 1 is 1.50 bits per heavy atom. The van der Waals surface area contributed by atoms with Crippen LogP contribution in [0, 0.1) is 0 Å². The van der Waals surface area contributed by atoms with Crippen molar-refractivity contribution in [2.24, 2.45) is 0 Å². The van der Waals surface area contributed by atoms with Gasteiger partial charge >= 0.3 is 0 Å². The van der Waals surface area contributed by atoms with Gasteiger partial charge in [0, 0.05) is 29.4 Å². The fraction of sp³-hybridized carbons (Fsp3) is 0.500. The molecule has 2 atom stereocenters. The molecule has 3 nitrogen and oxygen atoms in total. The van der Waals surface area contributed by atoms with Crippen LogP contribution in [0.5, 0.6) is 0 Å². The molecule has 0 aliphatic carbocycles. The number of rotatable bonds is 3. The van der Waals surface area contributed by atoms with Gasteiger partial charge in [-0.1, -0.05) is 15.9 Å². The van der Waals surface area contributed by atoms with Gasteiger partial charge in [-0.15, -0.1) is 0 Å². The number of hydrogen-bond donors (Lipinski definition) is 0. The summed E-state index contributed by atoms with van der Waals surface area (Å²) in [7, 11) is 2.03. The molecule has 0 spiro atoms. The molecule has 1 aliphatic rings. The summed E-state index contributed by atoms with van der Waals surface area (Å²) in [6.45, 7) is 4.48. The first-order valence-corrected chi connectivity index (χ1v) is 6.95. The Bertz CT molecular complexity index is 461. The highest BCUT2D eigenvalue weighted by molar-refractivity contribution is 9.10. The molecule has 1 aromatic carbocycles. The maximum Gasteiger partial charge on any atom is 0.161 e. The van der Waals surface area contributed by atoms with Gasteiger partial charge in [0.2, 0.25) is 0 Å². The van der Waals surface area contributed by atoms with Crippen molar-refractivity contribution in [3.05, 3.63) is 28.2 Å². The molecule has 0 amide bonds. The number of ether oxygens (including phenoxy) is 1. The molecular weight excluding hydrogens is 294 g/mol. The number of anilines is 1. The Morgan fingerprint density at radius 3 is 2.78 bits per heavy atom. The summed E-state index contributed by atoms with van der Waals surface area (Å²) in [4.78, 5) is 13.9. The van der Waals surface area contributed by atoms with Gasteiger partial charge in [0.05, 0.1) is 12.1 Å². The van der Waals surface area contributed by atoms with E-state index >= 15 is 0 Å². The number of ketones is 1. The summed E-state index contributed by atoms with van der Waals surface area (Å²) >= 11 is 3.47. The number of benzene rings is 1. The van der Waals surface area contributed by atoms with Gasteiger partial charge < -0.3 is 9.64 Å². The highest BCUT2D eigenvalue weighted by Crippen LogP contribution is 2.30. The van der Waals surface area contributed by atoms with E-state index < -0.39 is 0 Å². The molecule has 1 aromatic rings. The highest BCUT2D eigenvalue weighted by Gasteiger charge is 2.29. The number of Topliss-reactive ketones (excluding diaryl/α,β-unsaturated/α-hetero) is 1. The molecule has 4 heteroatoms. The summed E-state index contributed by atoms with van der Waals surface area (Å²) in [6, 6.07) is 6.11. The molecule has 1 saturated heterocycles. The number of nitrogens with zero attached hydrogens (tertiary/aromatic N) is 1. The van der Waals surface area contributed by atoms with Gasteiger partial charge in [0.1, 0.15) is 0 Å². The second-order valence-electron chi connectivity index (χ2n) is 4.76. The Balaban J connectivity index is 2.36. The second kappa shape index (κ2) is 5.41. The third-order valence-corrected chi connectivity index (χ3v) is 4.05. The van der Waals surface area contributed by atoms with Crippen LogP contribution in [0.2, 0.25) is 0 Å². The molecule has 2 rings (SSSR count). The average Bonchev–Trinajstić information content (AvgIpc) is 2.74. The Morgan fingerprint density at radius 2 is 2.22 bits per heavy atom. The van der Waals surface area contributed by atoms with Gasteiger partial charge in [0.15, 0.2) is 5.78 Å². The van der Waals surface area contributed by atoms with E-state index in [-0.39, 0.29) is 11.9 Å². The zero-order valence-electron chi connectivity index (χ0n) is 10.9. The van der Waals surface area contributed by atoms with Crippen LogP contribution in [-0.4, -0.2) is 31.6 Å². The van der Waals surface area contributed by atoms with Gasteiger partial charge in [-0.3, -0.25) is 4.79 Å². The third kappa shape index (κ3) is 2.59. The minimum Gasteiger partial charge on any atom is -0.376 e. The molecule has 0 radical (unpaired) electrons. The minimum absolute atomic E-state index is 0.0934. The van der Waals surface area contributed by atoms with Crippen LogP contribution in [0.3, 0.4) is 0 Å². The van der Waals surface area contributed by atoms with Crippen molar-refractivity contribution >= 4 is 27.4 Å². The lowest BCUT2D eigenvalue weighted by Gasteiger charge is -2.30. The van der Waals surface area contributed by atoms with Crippen molar-refractivity contribution in [1.29, 1.82) is 0 Å². The van der Waals surface area contributed by atoms with E-state index in [4.69, 9.17) is 4.74 Å². The number of hydrogen-bond acceptors (Lipinski definition) is 3. The highest BCUT2D eigenvalue weighted by atomic mass is 79.9. The minimum atomic E-state index is 0.0934. The lowest BCUT2D eigenvalue weighted by atomic mass is 10.0. The molecule has 0 saturated carbocycles. The van der Waals surface area contributed by atoms with E-state index in [0.29, 0.717) is 6.04 Å². The zero-order valence-corrected chi connectivity index (χ0v) is 12.5. The van der Waals surface area contributed by atoms with Crippen molar-refractivity contribution in [3.8, 4) is 0 Å². The van der Waals surface area contributed by atoms with E-state index in [1.807, 2.05) is 25.2 Å². The molecule has 1 aliphatic heterocycles. The van der Waals surface area contributed by atoms with E-state index in [1.165, 1.54) is 0 Å². The lowest BCUT2D eigenvalue weighted by Crippen LogP contribution is -2.37. The number of carbonyl (C=O) groups excluding carboxylic acids is 1. The summed E-state index contributed by atoms with van der Waals surface area (Å²) in [5.74, 6) is 0.0934. The predicted octanol–water partition coefficient (Wildman–Crippen LogP) is 3.27. The van der Waals surface area contributed by atoms with Crippen LogP contribution in [0.25, 0.3) is 0 Å². The van der Waals surface area contributed by atoms with Gasteiger partial charge in [-0.05, 0) is 38.5 Å². The van der Waals surface area contributed by atoms with Crippen LogP contribution in [0.1, 0.15) is 30.6 Å². The van der Waals surface area contributed by atoms with Crippen molar-refractivity contribution < 1.29 is 9.53 Å². The quantitative estimate of drug-likeness (QED) is 0.802. The molecular formula is C14H18BrNO2. The number of likely N-dealkylation sites (N-methyl/N-ethyl adjacent to an activating group) is 1. The molecule has 18 heavy (non-hydrogen) atoms. The fourth-order valence-corrected chi connectivity index (χ4v) is 2.85. The fourth-order valence-electron chi connectivity index (χ4n) is 2.50. The number of carbonyl (C=O) groups is 1. The van der Waals surface area contributed by atoms with Gasteiger partial charge in [-0.2, -0.15) is 0 Å². The van der Waals surface area contributed by atoms with E-state index in [1.54, 1.807) is 6.92 Å². The second-order valence-corrected chi connectivity index (χ2v) is 5.68. The van der Waals surface area contributed by atoms with E-state index in [0.717, 1.165) is 28.8 Å². The van der Waals surface area contributed by atoms with Crippen molar-refractivity contribution in [1.82, 2.24) is 0 Å². The Kier molecular flexibility index (Phi) is 4.07. The van der Waals surface area contributed by atoms with Crippen LogP contribution < -0.4 is 4.90 Å². The number of halogens is 1. The van der Waals surface area contributed by atoms with Crippen LogP contribution in [0.4, 0.5) is 5.69 Å². The Labute approximate surface area is 116 Å². The molecule has 1 heterocycles. The molecule has 1 fully saturated rings. The normalized spacial score (nSPS) is 23.1. The first-order chi connectivity index (χ1) is 8.50. The molecule has 0 N–H and O–H groups in total.